The highest BCUT2D eigenvalue weighted by Crippen LogP contribution is 2.15. The molecule has 0 aliphatic heterocycles. The molecule has 0 amide bonds. The summed E-state index contributed by atoms with van der Waals surface area (Å²) in [6, 6.07) is -0.199. The molecule has 0 aromatic carbocycles. The Bertz CT molecular complexity index is 161. The molecule has 5 heteroatoms. The number of ketones is 2. The maximum Gasteiger partial charge on any atom is 0.157 e. The summed E-state index contributed by atoms with van der Waals surface area (Å²) in [5.41, 5.74) is 0. The van der Waals surface area contributed by atoms with Crippen LogP contribution in [0.15, 0.2) is 0 Å². The lowest BCUT2D eigenvalue weighted by Crippen LogP contribution is -2.28. The van der Waals surface area contributed by atoms with Gasteiger partial charge in [0.2, 0.25) is 0 Å². The van der Waals surface area contributed by atoms with Gasteiger partial charge in [-0.15, -0.1) is 0 Å². The molecule has 0 spiro atoms. The van der Waals surface area contributed by atoms with Crippen molar-refractivity contribution < 1.29 is 9.59 Å². The van der Waals surface area contributed by atoms with Crippen LogP contribution in [0, 0.1) is 0 Å². The van der Waals surface area contributed by atoms with Crippen molar-refractivity contribution in [1.29, 1.82) is 0 Å². The van der Waals surface area contributed by atoms with Gasteiger partial charge in [-0.2, -0.15) is 0 Å². The fourth-order valence-corrected chi connectivity index (χ4v) is 1.76. The van der Waals surface area contributed by atoms with E-state index in [0.29, 0.717) is 8.42 Å². The zero-order valence-electron chi connectivity index (χ0n) is 6.68. The van der Waals surface area contributed by atoms with E-state index >= 15 is 0 Å². The number of carbonyl (C=O) groups is 2. The molecule has 0 saturated heterocycles. The lowest BCUT2D eigenvalue weighted by Gasteiger charge is -2.08. The molecule has 0 aliphatic rings. The van der Waals surface area contributed by atoms with Crippen molar-refractivity contribution in [3.8, 4) is 0 Å². The Morgan fingerprint density at radius 2 is 2.18 bits per heavy atom. The normalized spacial score (nSPS) is 13.7. The smallest absolute Gasteiger partial charge is 0.157 e. The molecule has 3 unspecified atom stereocenters. The third kappa shape index (κ3) is 5.43. The molecule has 0 radical (unpaired) electrons. The van der Waals surface area contributed by atoms with Crippen LogP contribution in [0.4, 0.5) is 0 Å². The van der Waals surface area contributed by atoms with Crippen LogP contribution in [-0.2, 0) is 9.59 Å². The number of hydrogen-bond donors (Lipinski definition) is 1. The third-order valence-electron chi connectivity index (χ3n) is 1.21. The molecule has 0 saturated carbocycles. The maximum absolute atomic E-state index is 11.1. The van der Waals surface area contributed by atoms with Crippen LogP contribution < -0.4 is 5.09 Å². The predicted octanol–water partition coefficient (Wildman–Crippen LogP) is 0.896. The average molecular weight is 193 g/mol. The first kappa shape index (κ1) is 11.2. The van der Waals surface area contributed by atoms with E-state index in [-0.39, 0.29) is 24.0 Å². The molecule has 64 valence electrons. The van der Waals surface area contributed by atoms with Crippen molar-refractivity contribution in [2.24, 2.45) is 0 Å². The third-order valence-corrected chi connectivity index (χ3v) is 2.31. The van der Waals surface area contributed by atoms with Gasteiger partial charge >= 0.3 is 0 Å². The summed E-state index contributed by atoms with van der Waals surface area (Å²) in [4.78, 5) is 21.6. The van der Waals surface area contributed by atoms with Gasteiger partial charge in [-0.1, -0.05) is 8.93 Å². The van der Waals surface area contributed by atoms with Crippen LogP contribution in [0.1, 0.15) is 20.3 Å². The van der Waals surface area contributed by atoms with Gasteiger partial charge in [0.25, 0.3) is 0 Å². The first-order chi connectivity index (χ1) is 5.07. The molecule has 3 nitrogen and oxygen atoms in total. The van der Waals surface area contributed by atoms with E-state index in [4.69, 9.17) is 0 Å². The molecule has 0 aromatic rings. The van der Waals surface area contributed by atoms with Gasteiger partial charge in [-0.3, -0.25) is 14.7 Å². The van der Waals surface area contributed by atoms with Crippen LogP contribution in [0.3, 0.4) is 0 Å². The summed E-state index contributed by atoms with van der Waals surface area (Å²) < 4.78 is 0. The van der Waals surface area contributed by atoms with Crippen molar-refractivity contribution in [3.05, 3.63) is 0 Å². The number of Topliss-reactive ketones (excluding diaryl/α,β-unsaturated/α-hetero) is 2. The van der Waals surface area contributed by atoms with Gasteiger partial charge in [0, 0.05) is 0 Å². The molecule has 0 bridgehead atoms. The van der Waals surface area contributed by atoms with Gasteiger partial charge in [0.1, 0.15) is 5.78 Å². The molecule has 0 aromatic heterocycles. The van der Waals surface area contributed by atoms with Crippen molar-refractivity contribution >= 4 is 28.9 Å². The lowest BCUT2D eigenvalue weighted by atomic mass is 10.1. The van der Waals surface area contributed by atoms with E-state index in [9.17, 15) is 9.59 Å². The monoisotopic (exact) mass is 193 g/mol. The molecule has 1 N–H and O–H groups in total. The summed E-state index contributed by atoms with van der Waals surface area (Å²) >= 11 is 0. The fraction of sp³-hybridized carbons (Fsp3) is 0.667. The van der Waals surface area contributed by atoms with Gasteiger partial charge in [-0.25, -0.2) is 0 Å². The van der Waals surface area contributed by atoms with Crippen molar-refractivity contribution in [2.75, 3.05) is 0 Å². The zero-order chi connectivity index (χ0) is 8.85. The van der Waals surface area contributed by atoms with E-state index in [1.54, 1.807) is 6.92 Å². The summed E-state index contributed by atoms with van der Waals surface area (Å²) in [6.07, 6.45) is 0.0450. The van der Waals surface area contributed by atoms with E-state index < -0.39 is 0 Å². The van der Waals surface area contributed by atoms with Crippen molar-refractivity contribution in [1.82, 2.24) is 5.09 Å². The molecule has 0 rings (SSSR count). The van der Waals surface area contributed by atoms with Crippen LogP contribution in [0.25, 0.3) is 0 Å². The lowest BCUT2D eigenvalue weighted by molar-refractivity contribution is -0.126. The van der Waals surface area contributed by atoms with Crippen molar-refractivity contribution in [2.45, 2.75) is 26.3 Å². The molecule has 11 heavy (non-hydrogen) atoms. The minimum atomic E-state index is -0.199. The minimum Gasteiger partial charge on any atom is -0.300 e. The summed E-state index contributed by atoms with van der Waals surface area (Å²) in [5.74, 6) is -0.108. The molecule has 3 atom stereocenters. The van der Waals surface area contributed by atoms with E-state index in [1.807, 2.05) is 0 Å². The van der Waals surface area contributed by atoms with E-state index in [0.717, 1.165) is 0 Å². The maximum atomic E-state index is 11.1. The molecular weight excluding hydrogens is 180 g/mol. The Balaban J connectivity index is 3.73. The minimum absolute atomic E-state index is 0.0348. The first-order valence-electron chi connectivity index (χ1n) is 3.31. The number of nitrogens with one attached hydrogen (secondary N) is 1. The Hall–Kier alpha value is 0.160. The fourth-order valence-electron chi connectivity index (χ4n) is 0.604. The number of carbonyl (C=O) groups excluding carboxylic acids is 2. The van der Waals surface area contributed by atoms with Crippen LogP contribution in [-0.4, -0.2) is 17.6 Å². The van der Waals surface area contributed by atoms with Crippen LogP contribution >= 0.6 is 17.3 Å². The second kappa shape index (κ2) is 5.77. The summed E-state index contributed by atoms with van der Waals surface area (Å²) in [5, 5.41) is 2.94. The van der Waals surface area contributed by atoms with Gasteiger partial charge in [-0.05, 0) is 22.3 Å². The zero-order valence-corrected chi connectivity index (χ0v) is 8.83. The summed E-state index contributed by atoms with van der Waals surface area (Å²) in [6.45, 7) is 3.19. The summed E-state index contributed by atoms with van der Waals surface area (Å²) in [7, 11) is 2.95. The Morgan fingerprint density at radius 1 is 1.64 bits per heavy atom. The Kier molecular flexibility index (Phi) is 5.85. The highest BCUT2D eigenvalue weighted by molar-refractivity contribution is 8.01. The highest BCUT2D eigenvalue weighted by atomic mass is 32.0. The van der Waals surface area contributed by atoms with Crippen LogP contribution in [0.5, 0.6) is 0 Å². The first-order valence-corrected chi connectivity index (χ1v) is 6.12. The van der Waals surface area contributed by atoms with Gasteiger partial charge in [0.05, 0.1) is 12.5 Å². The second-order valence-electron chi connectivity index (χ2n) is 2.36. The number of rotatable bonds is 5. The SMILES string of the molecule is CC(=O)CC(=O)C(C)NPP. The standard InChI is InChI=1S/C6H13NO2P2/c1-4(8)3-6(9)5(2)7-11-10/h5,7,11H,3,10H2,1-2H3. The predicted molar refractivity (Wildman–Crippen MR) is 50.9 cm³/mol. The van der Waals surface area contributed by atoms with Crippen molar-refractivity contribution in [3.63, 3.8) is 0 Å². The molecule has 0 fully saturated rings. The Labute approximate surface area is 70.6 Å². The molecule has 0 aliphatic carbocycles. The quantitative estimate of drug-likeness (QED) is 0.521. The largest absolute Gasteiger partial charge is 0.300 e. The van der Waals surface area contributed by atoms with E-state index in [1.165, 1.54) is 6.92 Å². The number of hydrogen-bond acceptors (Lipinski definition) is 3. The van der Waals surface area contributed by atoms with Crippen LogP contribution in [0.2, 0.25) is 0 Å². The Morgan fingerprint density at radius 3 is 2.55 bits per heavy atom. The van der Waals surface area contributed by atoms with Gasteiger partial charge < -0.3 is 0 Å². The van der Waals surface area contributed by atoms with Gasteiger partial charge in [0.15, 0.2) is 5.78 Å². The molecular formula is C6H13NO2P2. The highest BCUT2D eigenvalue weighted by Gasteiger charge is 2.12. The topological polar surface area (TPSA) is 46.2 Å². The molecule has 0 heterocycles. The second-order valence-corrected chi connectivity index (χ2v) is 3.80. The van der Waals surface area contributed by atoms with E-state index in [2.05, 4.69) is 14.0 Å². The average Bonchev–Trinajstić information content (AvgIpc) is 1.86.